The van der Waals surface area contributed by atoms with Gasteiger partial charge in [-0.25, -0.2) is 0 Å². The lowest BCUT2D eigenvalue weighted by atomic mass is 9.82. The van der Waals surface area contributed by atoms with Crippen molar-refractivity contribution in [2.75, 3.05) is 58.7 Å². The number of carbonyl (C=O) groups is 2. The van der Waals surface area contributed by atoms with E-state index >= 15 is 0 Å². The Bertz CT molecular complexity index is 1490. The summed E-state index contributed by atoms with van der Waals surface area (Å²) in [4.78, 5) is 28.7. The van der Waals surface area contributed by atoms with Crippen molar-refractivity contribution in [3.05, 3.63) is 81.9 Å². The van der Waals surface area contributed by atoms with Gasteiger partial charge in [-0.15, -0.1) is 0 Å². The second kappa shape index (κ2) is 15.6. The Hall–Kier alpha value is -3.83. The van der Waals surface area contributed by atoms with Gasteiger partial charge in [0.15, 0.2) is 18.3 Å². The van der Waals surface area contributed by atoms with Crippen LogP contribution in [0.5, 0.6) is 17.2 Å². The molecule has 1 amide bonds. The molecule has 1 saturated heterocycles. The number of anilines is 1. The van der Waals surface area contributed by atoms with Gasteiger partial charge < -0.3 is 34.1 Å². The Labute approximate surface area is 274 Å². The van der Waals surface area contributed by atoms with Crippen molar-refractivity contribution < 1.29 is 38.4 Å². The van der Waals surface area contributed by atoms with Gasteiger partial charge >= 0.3 is 5.97 Å². The van der Waals surface area contributed by atoms with E-state index in [-0.39, 0.29) is 19.2 Å². The molecule has 10 nitrogen and oxygen atoms in total. The minimum Gasteiger partial charge on any atom is -0.486 e. The molecule has 3 atom stereocenters. The SMILES string of the molecule is CCc1cc(Cl)cc(CC)c1NC(=O)CN1C[C@H](c2ccc3c(c2)OCCO3)C(C(=O)O)[C@@H]1c1ccc(OCOCCOC)cc1. The van der Waals surface area contributed by atoms with Crippen LogP contribution in [0.2, 0.25) is 5.02 Å². The summed E-state index contributed by atoms with van der Waals surface area (Å²) in [5.41, 5.74) is 4.26. The first-order valence-corrected chi connectivity index (χ1v) is 16.0. The highest BCUT2D eigenvalue weighted by Gasteiger charge is 2.48. The number of rotatable bonds is 14. The molecule has 2 aliphatic rings. The Morgan fingerprint density at radius 3 is 2.28 bits per heavy atom. The normalized spacial score (nSPS) is 19.2. The number of carbonyl (C=O) groups excluding carboxylic acids is 1. The third-order valence-corrected chi connectivity index (χ3v) is 8.70. The Morgan fingerprint density at radius 1 is 0.957 bits per heavy atom. The van der Waals surface area contributed by atoms with Crippen LogP contribution >= 0.6 is 11.6 Å². The molecule has 46 heavy (non-hydrogen) atoms. The largest absolute Gasteiger partial charge is 0.486 e. The zero-order chi connectivity index (χ0) is 32.6. The average Bonchev–Trinajstić information content (AvgIpc) is 3.44. The van der Waals surface area contributed by atoms with Crippen molar-refractivity contribution in [1.82, 2.24) is 4.90 Å². The topological polar surface area (TPSA) is 116 Å². The van der Waals surface area contributed by atoms with Crippen LogP contribution in [-0.2, 0) is 31.9 Å². The summed E-state index contributed by atoms with van der Waals surface area (Å²) in [5, 5.41) is 14.4. The minimum atomic E-state index is -0.945. The van der Waals surface area contributed by atoms with E-state index in [1.165, 1.54) is 0 Å². The fraction of sp³-hybridized carbons (Fsp3) is 0.429. The third kappa shape index (κ3) is 7.75. The number of aliphatic carboxylic acids is 1. The molecule has 0 radical (unpaired) electrons. The number of hydrogen-bond donors (Lipinski definition) is 2. The van der Waals surface area contributed by atoms with Crippen LogP contribution in [0.1, 0.15) is 48.1 Å². The number of amides is 1. The van der Waals surface area contributed by atoms with Gasteiger partial charge in [0.25, 0.3) is 0 Å². The zero-order valence-electron chi connectivity index (χ0n) is 26.4. The number of nitrogens with zero attached hydrogens (tertiary/aromatic N) is 1. The van der Waals surface area contributed by atoms with Gasteiger partial charge in [-0.1, -0.05) is 43.6 Å². The number of hydrogen-bond acceptors (Lipinski definition) is 8. The monoisotopic (exact) mass is 652 g/mol. The van der Waals surface area contributed by atoms with Crippen LogP contribution in [0.4, 0.5) is 5.69 Å². The molecule has 3 aromatic rings. The van der Waals surface area contributed by atoms with Crippen molar-refractivity contribution in [2.45, 2.75) is 38.6 Å². The van der Waals surface area contributed by atoms with E-state index in [1.54, 1.807) is 19.2 Å². The lowest BCUT2D eigenvalue weighted by molar-refractivity contribution is -0.143. The quantitative estimate of drug-likeness (QED) is 0.167. The lowest BCUT2D eigenvalue weighted by Crippen LogP contribution is -2.35. The van der Waals surface area contributed by atoms with Crippen LogP contribution in [0, 0.1) is 5.92 Å². The standard InChI is InChI=1S/C35H41ClN2O8/c1-4-22-16-26(36)17-23(5-2)33(22)37-31(39)20-38-19-28(25-8-11-29-30(18-25)45-15-14-44-29)32(35(40)41)34(38)24-6-9-27(10-7-24)46-21-43-13-12-42-3/h6-11,16-18,28,32,34H,4-5,12-15,19-21H2,1-3H3,(H,37,39)(H,40,41)/t28-,32?,34+/m1/s1. The first-order valence-electron chi connectivity index (χ1n) is 15.6. The van der Waals surface area contributed by atoms with E-state index < -0.39 is 23.8 Å². The Balaban J connectivity index is 1.44. The summed E-state index contributed by atoms with van der Waals surface area (Å²) in [6, 6.07) is 16.0. The molecular formula is C35H41ClN2O8. The Morgan fingerprint density at radius 2 is 1.63 bits per heavy atom. The van der Waals surface area contributed by atoms with Gasteiger partial charge in [-0.2, -0.15) is 0 Å². The summed E-state index contributed by atoms with van der Waals surface area (Å²) >= 11 is 6.35. The molecule has 2 heterocycles. The van der Waals surface area contributed by atoms with Crippen LogP contribution in [0.15, 0.2) is 54.6 Å². The van der Waals surface area contributed by atoms with Crippen LogP contribution in [0.25, 0.3) is 0 Å². The number of carboxylic acid groups (broad SMARTS) is 1. The second-order valence-corrected chi connectivity index (χ2v) is 11.8. The van der Waals surface area contributed by atoms with Gasteiger partial charge in [0.1, 0.15) is 19.0 Å². The average molecular weight is 653 g/mol. The smallest absolute Gasteiger partial charge is 0.309 e. The number of carboxylic acids is 1. The molecule has 2 N–H and O–H groups in total. The van der Waals surface area contributed by atoms with Crippen molar-refractivity contribution >= 4 is 29.2 Å². The molecular weight excluding hydrogens is 612 g/mol. The van der Waals surface area contributed by atoms with Crippen LogP contribution in [-0.4, -0.2) is 75.3 Å². The highest BCUT2D eigenvalue weighted by Crippen LogP contribution is 2.47. The van der Waals surface area contributed by atoms with E-state index in [0.29, 0.717) is 68.1 Å². The maximum Gasteiger partial charge on any atom is 0.309 e. The molecule has 1 fully saturated rings. The highest BCUT2D eigenvalue weighted by molar-refractivity contribution is 6.30. The zero-order valence-corrected chi connectivity index (χ0v) is 27.2. The summed E-state index contributed by atoms with van der Waals surface area (Å²) in [6.07, 6.45) is 1.41. The summed E-state index contributed by atoms with van der Waals surface area (Å²) in [5.74, 6) is -0.610. The minimum absolute atomic E-state index is 0.00394. The first-order chi connectivity index (χ1) is 22.3. The predicted octanol–water partition coefficient (Wildman–Crippen LogP) is 5.72. The van der Waals surface area contributed by atoms with Crippen LogP contribution in [0.3, 0.4) is 0 Å². The van der Waals surface area contributed by atoms with E-state index in [2.05, 4.69) is 5.32 Å². The number of nitrogens with one attached hydrogen (secondary N) is 1. The fourth-order valence-electron chi connectivity index (χ4n) is 6.30. The maximum atomic E-state index is 13.7. The molecule has 0 aliphatic carbocycles. The highest BCUT2D eigenvalue weighted by atomic mass is 35.5. The number of benzene rings is 3. The molecule has 5 rings (SSSR count). The van der Waals surface area contributed by atoms with E-state index in [4.69, 9.17) is 35.3 Å². The summed E-state index contributed by atoms with van der Waals surface area (Å²) in [7, 11) is 1.60. The predicted molar refractivity (Wildman–Crippen MR) is 174 cm³/mol. The van der Waals surface area contributed by atoms with Crippen molar-refractivity contribution in [2.24, 2.45) is 5.92 Å². The van der Waals surface area contributed by atoms with Crippen molar-refractivity contribution in [3.63, 3.8) is 0 Å². The number of halogens is 1. The molecule has 11 heteroatoms. The molecule has 2 aliphatic heterocycles. The molecule has 0 spiro atoms. The number of ether oxygens (including phenoxy) is 5. The Kier molecular flexibility index (Phi) is 11.4. The van der Waals surface area contributed by atoms with Gasteiger partial charge in [-0.3, -0.25) is 14.5 Å². The maximum absolute atomic E-state index is 13.7. The number of fused-ring (bicyclic) bond motifs is 1. The molecule has 3 aromatic carbocycles. The van der Waals surface area contributed by atoms with Gasteiger partial charge in [0, 0.05) is 36.3 Å². The molecule has 246 valence electrons. The second-order valence-electron chi connectivity index (χ2n) is 11.3. The molecule has 0 saturated carbocycles. The summed E-state index contributed by atoms with van der Waals surface area (Å²) < 4.78 is 27.6. The van der Waals surface area contributed by atoms with E-state index in [0.717, 1.165) is 27.9 Å². The molecule has 0 aromatic heterocycles. The number of likely N-dealkylation sites (tertiary alicyclic amines) is 1. The third-order valence-electron chi connectivity index (χ3n) is 8.48. The van der Waals surface area contributed by atoms with Crippen molar-refractivity contribution in [1.29, 1.82) is 0 Å². The first kappa shape index (κ1) is 33.5. The number of methoxy groups -OCH3 is 1. The van der Waals surface area contributed by atoms with E-state index in [1.807, 2.05) is 61.2 Å². The molecule has 0 bridgehead atoms. The molecule has 1 unspecified atom stereocenters. The number of aryl methyl sites for hydroxylation is 2. The van der Waals surface area contributed by atoms with Gasteiger partial charge in [0.2, 0.25) is 5.91 Å². The lowest BCUT2D eigenvalue weighted by Gasteiger charge is -2.27. The fourth-order valence-corrected chi connectivity index (χ4v) is 6.56. The van der Waals surface area contributed by atoms with E-state index in [9.17, 15) is 14.7 Å². The summed E-state index contributed by atoms with van der Waals surface area (Å²) in [6.45, 7) is 6.21. The van der Waals surface area contributed by atoms with Crippen LogP contribution < -0.4 is 19.5 Å². The van der Waals surface area contributed by atoms with Crippen molar-refractivity contribution in [3.8, 4) is 17.2 Å². The van der Waals surface area contributed by atoms with Gasteiger partial charge in [-0.05, 0) is 71.5 Å². The van der Waals surface area contributed by atoms with Gasteiger partial charge in [0.05, 0.1) is 25.7 Å².